The van der Waals surface area contributed by atoms with Gasteiger partial charge < -0.3 is 9.52 Å². The summed E-state index contributed by atoms with van der Waals surface area (Å²) < 4.78 is 5.23. The van der Waals surface area contributed by atoms with Crippen molar-refractivity contribution < 1.29 is 9.52 Å². The highest BCUT2D eigenvalue weighted by Gasteiger charge is 2.20. The van der Waals surface area contributed by atoms with Crippen LogP contribution in [-0.2, 0) is 6.54 Å². The zero-order chi connectivity index (χ0) is 15.9. The molecule has 0 unspecified atom stereocenters. The summed E-state index contributed by atoms with van der Waals surface area (Å²) in [4.78, 5) is 13.9. The third-order valence-electron chi connectivity index (χ3n) is 4.79. The van der Waals surface area contributed by atoms with Gasteiger partial charge in [0, 0.05) is 18.2 Å². The van der Waals surface area contributed by atoms with Gasteiger partial charge in [0.25, 0.3) is 0 Å². The molecule has 1 saturated heterocycles. The van der Waals surface area contributed by atoms with E-state index >= 15 is 0 Å². The van der Waals surface area contributed by atoms with Gasteiger partial charge in [0.1, 0.15) is 11.3 Å². The minimum atomic E-state index is -0.374. The Hall–Kier alpha value is -1.81. The maximum Gasteiger partial charge on any atom is 0.336 e. The van der Waals surface area contributed by atoms with Gasteiger partial charge in [0.05, 0.1) is 5.39 Å². The molecule has 0 aliphatic carbocycles. The fraction of sp³-hybridized carbons (Fsp3) is 0.500. The zero-order valence-corrected chi connectivity index (χ0v) is 13.5. The highest BCUT2D eigenvalue weighted by atomic mass is 16.4. The lowest BCUT2D eigenvalue weighted by Gasteiger charge is -2.30. The van der Waals surface area contributed by atoms with Gasteiger partial charge in [-0.25, -0.2) is 4.79 Å². The summed E-state index contributed by atoms with van der Waals surface area (Å²) in [7, 11) is 0. The molecule has 1 fully saturated rings. The number of phenols is 1. The number of piperidine rings is 1. The summed E-state index contributed by atoms with van der Waals surface area (Å²) in [6, 6.07) is 3.30. The van der Waals surface area contributed by atoms with Crippen LogP contribution in [0, 0.1) is 19.8 Å². The van der Waals surface area contributed by atoms with Crippen molar-refractivity contribution in [3.05, 3.63) is 39.2 Å². The van der Waals surface area contributed by atoms with Crippen molar-refractivity contribution in [2.75, 3.05) is 13.1 Å². The summed E-state index contributed by atoms with van der Waals surface area (Å²) in [5.41, 5.74) is 2.77. The van der Waals surface area contributed by atoms with Crippen LogP contribution in [0.2, 0.25) is 0 Å². The quantitative estimate of drug-likeness (QED) is 0.864. The number of phenolic OH excluding ortho intramolecular Hbond substituents is 1. The van der Waals surface area contributed by atoms with Crippen molar-refractivity contribution in [3.8, 4) is 5.75 Å². The molecule has 118 valence electrons. The lowest BCUT2D eigenvalue weighted by Crippen LogP contribution is -2.32. The number of fused-ring (bicyclic) bond motifs is 1. The van der Waals surface area contributed by atoms with Gasteiger partial charge in [-0.15, -0.1) is 0 Å². The van der Waals surface area contributed by atoms with E-state index in [0.717, 1.165) is 42.2 Å². The second-order valence-electron chi connectivity index (χ2n) is 6.60. The molecule has 4 heteroatoms. The molecule has 0 bridgehead atoms. The number of likely N-dealkylation sites (tertiary alicyclic amines) is 1. The maximum atomic E-state index is 11.5. The smallest absolute Gasteiger partial charge is 0.336 e. The Kier molecular flexibility index (Phi) is 3.96. The molecule has 1 aliphatic heterocycles. The van der Waals surface area contributed by atoms with Gasteiger partial charge >= 0.3 is 5.63 Å². The lowest BCUT2D eigenvalue weighted by atomic mass is 9.97. The summed E-state index contributed by atoms with van der Waals surface area (Å²) in [5, 5.41) is 11.4. The van der Waals surface area contributed by atoms with Crippen LogP contribution in [0.25, 0.3) is 11.0 Å². The molecule has 1 N–H and O–H groups in total. The van der Waals surface area contributed by atoms with Crippen LogP contribution < -0.4 is 5.63 Å². The Morgan fingerprint density at radius 1 is 1.23 bits per heavy atom. The van der Waals surface area contributed by atoms with Crippen molar-refractivity contribution in [3.63, 3.8) is 0 Å². The predicted molar refractivity (Wildman–Crippen MR) is 87.3 cm³/mol. The topological polar surface area (TPSA) is 53.7 Å². The van der Waals surface area contributed by atoms with Gasteiger partial charge in [0.2, 0.25) is 0 Å². The number of hydrogen-bond acceptors (Lipinski definition) is 4. The number of aromatic hydroxyl groups is 1. The molecule has 3 rings (SSSR count). The van der Waals surface area contributed by atoms with Crippen molar-refractivity contribution in [2.45, 2.75) is 40.2 Å². The third kappa shape index (κ3) is 2.75. The van der Waals surface area contributed by atoms with Crippen molar-refractivity contribution >= 4 is 11.0 Å². The number of benzene rings is 1. The van der Waals surface area contributed by atoms with E-state index in [1.54, 1.807) is 0 Å². The number of rotatable bonds is 2. The van der Waals surface area contributed by atoms with E-state index in [-0.39, 0.29) is 11.4 Å². The maximum absolute atomic E-state index is 11.5. The molecule has 0 spiro atoms. The Morgan fingerprint density at radius 3 is 2.59 bits per heavy atom. The summed E-state index contributed by atoms with van der Waals surface area (Å²) in [6.07, 6.45) is 2.42. The van der Waals surface area contributed by atoms with Gasteiger partial charge in [-0.2, -0.15) is 0 Å². The molecule has 22 heavy (non-hydrogen) atoms. The SMILES string of the molecule is Cc1cc2oc(=O)cc(C)c2c(O)c1CN1CCC(C)CC1. The molecule has 2 aromatic rings. The fourth-order valence-corrected chi connectivity index (χ4v) is 3.30. The Morgan fingerprint density at radius 2 is 1.91 bits per heavy atom. The van der Waals surface area contributed by atoms with Gasteiger partial charge in [0.15, 0.2) is 0 Å². The first-order chi connectivity index (χ1) is 10.5. The van der Waals surface area contributed by atoms with Crippen molar-refractivity contribution in [2.24, 2.45) is 5.92 Å². The normalized spacial score (nSPS) is 17.2. The van der Waals surface area contributed by atoms with Crippen LogP contribution in [-0.4, -0.2) is 23.1 Å². The molecular weight excluding hydrogens is 278 g/mol. The molecule has 0 amide bonds. The molecule has 2 heterocycles. The van der Waals surface area contributed by atoms with E-state index in [4.69, 9.17) is 4.42 Å². The first-order valence-corrected chi connectivity index (χ1v) is 7.94. The highest BCUT2D eigenvalue weighted by molar-refractivity contribution is 5.88. The van der Waals surface area contributed by atoms with E-state index in [1.165, 1.54) is 18.9 Å². The molecule has 0 radical (unpaired) electrons. The van der Waals surface area contributed by atoms with Crippen LogP contribution in [0.15, 0.2) is 21.3 Å². The summed E-state index contributed by atoms with van der Waals surface area (Å²) in [5.74, 6) is 1.05. The molecule has 0 atom stereocenters. The first kappa shape index (κ1) is 15.1. The molecule has 1 aliphatic rings. The average molecular weight is 301 g/mol. The number of aryl methyl sites for hydroxylation is 2. The molecule has 1 aromatic heterocycles. The van der Waals surface area contributed by atoms with Gasteiger partial charge in [-0.3, -0.25) is 4.90 Å². The Labute approximate surface area is 130 Å². The number of nitrogens with zero attached hydrogens (tertiary/aromatic N) is 1. The summed E-state index contributed by atoms with van der Waals surface area (Å²) in [6.45, 7) is 8.98. The van der Waals surface area contributed by atoms with Crippen LogP contribution in [0.1, 0.15) is 36.5 Å². The largest absolute Gasteiger partial charge is 0.507 e. The Balaban J connectivity index is 2.01. The minimum Gasteiger partial charge on any atom is -0.507 e. The van der Waals surface area contributed by atoms with E-state index < -0.39 is 0 Å². The monoisotopic (exact) mass is 301 g/mol. The van der Waals surface area contributed by atoms with Crippen LogP contribution >= 0.6 is 0 Å². The molecule has 1 aromatic carbocycles. The lowest BCUT2D eigenvalue weighted by molar-refractivity contribution is 0.183. The number of hydrogen-bond donors (Lipinski definition) is 1. The molecular formula is C18H23NO3. The van der Waals surface area contributed by atoms with E-state index in [9.17, 15) is 9.90 Å². The Bertz CT molecular complexity index is 755. The van der Waals surface area contributed by atoms with Gasteiger partial charge in [-0.1, -0.05) is 6.92 Å². The van der Waals surface area contributed by atoms with Crippen molar-refractivity contribution in [1.29, 1.82) is 0 Å². The minimum absolute atomic E-state index is 0.259. The van der Waals surface area contributed by atoms with Crippen LogP contribution in [0.5, 0.6) is 5.75 Å². The van der Waals surface area contributed by atoms with E-state index in [0.29, 0.717) is 11.0 Å². The fourth-order valence-electron chi connectivity index (χ4n) is 3.30. The van der Waals surface area contributed by atoms with Gasteiger partial charge in [-0.05, 0) is 62.9 Å². The average Bonchev–Trinajstić information content (AvgIpc) is 2.44. The van der Waals surface area contributed by atoms with Crippen LogP contribution in [0.4, 0.5) is 0 Å². The standard InChI is InChI=1S/C18H23NO3/c1-11-4-6-19(7-5-11)10-14-12(2)8-15-17(18(14)21)13(3)9-16(20)22-15/h8-9,11,21H,4-7,10H2,1-3H3. The zero-order valence-electron chi connectivity index (χ0n) is 13.5. The van der Waals surface area contributed by atoms with E-state index in [1.807, 2.05) is 19.9 Å². The third-order valence-corrected chi connectivity index (χ3v) is 4.79. The van der Waals surface area contributed by atoms with Crippen LogP contribution in [0.3, 0.4) is 0 Å². The van der Waals surface area contributed by atoms with Crippen molar-refractivity contribution in [1.82, 2.24) is 4.90 Å². The summed E-state index contributed by atoms with van der Waals surface area (Å²) >= 11 is 0. The molecule has 0 saturated carbocycles. The predicted octanol–water partition coefficient (Wildman–Crippen LogP) is 3.35. The first-order valence-electron chi connectivity index (χ1n) is 7.94. The second-order valence-corrected chi connectivity index (χ2v) is 6.60. The molecule has 4 nitrogen and oxygen atoms in total. The highest BCUT2D eigenvalue weighted by Crippen LogP contribution is 2.34. The van der Waals surface area contributed by atoms with E-state index in [2.05, 4.69) is 11.8 Å². The second kappa shape index (κ2) is 5.76.